The number of carbonyl (C=O) groups excluding carboxylic acids is 2. The number of morpholine rings is 1. The Morgan fingerprint density at radius 2 is 1.81 bits per heavy atom. The Balaban J connectivity index is 2.01. The van der Waals surface area contributed by atoms with Crippen molar-refractivity contribution in [2.24, 2.45) is 5.92 Å². The molecule has 2 aliphatic heterocycles. The Morgan fingerprint density at radius 3 is 2.35 bits per heavy atom. The molecular formula is C18H31N5O3. The Labute approximate surface area is 155 Å². The van der Waals surface area contributed by atoms with Crippen molar-refractivity contribution < 1.29 is 14.3 Å². The van der Waals surface area contributed by atoms with Gasteiger partial charge in [0.15, 0.2) is 0 Å². The molecule has 0 aromatic heterocycles. The first-order valence-corrected chi connectivity index (χ1v) is 9.40. The standard InChI is InChI=1S/C18H31N5O3/c1-14(2)12-15(20-17(25)23-8-10-26-11-9-23)16(24)21-18(13-19)4-6-22(3)7-5-18/h14-15H,4-12H2,1-3H3,(H,20,25)(H,21,24). The Morgan fingerprint density at radius 1 is 1.19 bits per heavy atom. The highest BCUT2D eigenvalue weighted by molar-refractivity contribution is 5.87. The van der Waals surface area contributed by atoms with Gasteiger partial charge in [0.25, 0.3) is 0 Å². The lowest BCUT2D eigenvalue weighted by molar-refractivity contribution is -0.125. The average molecular weight is 365 g/mol. The lowest BCUT2D eigenvalue weighted by atomic mass is 9.88. The normalized spacial score (nSPS) is 21.7. The van der Waals surface area contributed by atoms with E-state index in [0.717, 1.165) is 13.1 Å². The second-order valence-electron chi connectivity index (χ2n) is 7.72. The molecule has 1 unspecified atom stereocenters. The molecule has 1 atom stereocenters. The van der Waals surface area contributed by atoms with E-state index in [1.165, 1.54) is 0 Å². The molecule has 2 heterocycles. The number of hydrogen-bond acceptors (Lipinski definition) is 5. The highest BCUT2D eigenvalue weighted by Gasteiger charge is 2.37. The summed E-state index contributed by atoms with van der Waals surface area (Å²) in [5, 5.41) is 15.4. The van der Waals surface area contributed by atoms with Gasteiger partial charge in [-0.05, 0) is 32.2 Å². The SMILES string of the molecule is CC(C)CC(NC(=O)N1CCOCC1)C(=O)NC1(C#N)CCN(C)CC1. The maximum absolute atomic E-state index is 12.9. The van der Waals surface area contributed by atoms with Gasteiger partial charge in [0, 0.05) is 26.2 Å². The summed E-state index contributed by atoms with van der Waals surface area (Å²) < 4.78 is 5.26. The maximum atomic E-state index is 12.9. The van der Waals surface area contributed by atoms with Crippen LogP contribution < -0.4 is 10.6 Å². The van der Waals surface area contributed by atoms with Crippen molar-refractivity contribution in [3.05, 3.63) is 0 Å². The zero-order chi connectivity index (χ0) is 19.2. The van der Waals surface area contributed by atoms with E-state index in [-0.39, 0.29) is 17.9 Å². The number of nitrogens with zero attached hydrogens (tertiary/aromatic N) is 3. The minimum atomic E-state index is -0.845. The number of nitriles is 1. The number of carbonyl (C=O) groups is 2. The average Bonchev–Trinajstić information content (AvgIpc) is 2.63. The number of amides is 3. The fourth-order valence-electron chi connectivity index (χ4n) is 3.30. The lowest BCUT2D eigenvalue weighted by Gasteiger charge is -2.37. The van der Waals surface area contributed by atoms with Gasteiger partial charge in [0.2, 0.25) is 5.91 Å². The van der Waals surface area contributed by atoms with E-state index in [2.05, 4.69) is 21.6 Å². The number of urea groups is 1. The van der Waals surface area contributed by atoms with Crippen LogP contribution in [0.3, 0.4) is 0 Å². The largest absolute Gasteiger partial charge is 0.378 e. The van der Waals surface area contributed by atoms with Gasteiger partial charge in [-0.15, -0.1) is 0 Å². The molecule has 26 heavy (non-hydrogen) atoms. The summed E-state index contributed by atoms with van der Waals surface area (Å²) >= 11 is 0. The summed E-state index contributed by atoms with van der Waals surface area (Å²) in [4.78, 5) is 29.2. The molecule has 0 bridgehead atoms. The van der Waals surface area contributed by atoms with Crippen LogP contribution in [0.5, 0.6) is 0 Å². The fourth-order valence-corrected chi connectivity index (χ4v) is 3.30. The molecule has 0 spiro atoms. The molecular weight excluding hydrogens is 334 g/mol. The molecule has 2 fully saturated rings. The minimum absolute atomic E-state index is 0.242. The summed E-state index contributed by atoms with van der Waals surface area (Å²) in [6, 6.07) is 1.41. The summed E-state index contributed by atoms with van der Waals surface area (Å²) in [7, 11) is 2.01. The second-order valence-corrected chi connectivity index (χ2v) is 7.72. The molecule has 0 saturated carbocycles. The number of rotatable bonds is 5. The van der Waals surface area contributed by atoms with Gasteiger partial charge in [0.05, 0.1) is 19.3 Å². The van der Waals surface area contributed by atoms with Crippen molar-refractivity contribution in [2.45, 2.75) is 44.7 Å². The van der Waals surface area contributed by atoms with Crippen LogP contribution >= 0.6 is 0 Å². The third-order valence-electron chi connectivity index (χ3n) is 5.04. The smallest absolute Gasteiger partial charge is 0.318 e. The maximum Gasteiger partial charge on any atom is 0.318 e. The minimum Gasteiger partial charge on any atom is -0.378 e. The van der Waals surface area contributed by atoms with Crippen molar-refractivity contribution in [3.63, 3.8) is 0 Å². The monoisotopic (exact) mass is 365 g/mol. The van der Waals surface area contributed by atoms with Gasteiger partial charge >= 0.3 is 6.03 Å². The topological polar surface area (TPSA) is 97.7 Å². The highest BCUT2D eigenvalue weighted by atomic mass is 16.5. The predicted octanol–water partition coefficient (Wildman–Crippen LogP) is 0.547. The van der Waals surface area contributed by atoms with E-state index in [4.69, 9.17) is 4.74 Å². The van der Waals surface area contributed by atoms with Crippen molar-refractivity contribution in [2.75, 3.05) is 46.4 Å². The van der Waals surface area contributed by atoms with Gasteiger partial charge in [0.1, 0.15) is 11.6 Å². The Bertz CT molecular complexity index is 531. The molecule has 2 aliphatic rings. The summed E-state index contributed by atoms with van der Waals surface area (Å²) in [5.74, 6) is -0.0299. The number of nitrogens with one attached hydrogen (secondary N) is 2. The van der Waals surface area contributed by atoms with Crippen molar-refractivity contribution in [3.8, 4) is 6.07 Å². The Kier molecular flexibility index (Phi) is 7.23. The summed E-state index contributed by atoms with van der Waals surface area (Å²) in [6.07, 6.45) is 1.72. The molecule has 2 saturated heterocycles. The predicted molar refractivity (Wildman–Crippen MR) is 97.4 cm³/mol. The number of piperidine rings is 1. The van der Waals surface area contributed by atoms with Crippen LogP contribution in [0.25, 0.3) is 0 Å². The molecule has 146 valence electrons. The molecule has 2 N–H and O–H groups in total. The zero-order valence-corrected chi connectivity index (χ0v) is 16.1. The van der Waals surface area contributed by atoms with E-state index in [9.17, 15) is 14.9 Å². The highest BCUT2D eigenvalue weighted by Crippen LogP contribution is 2.21. The third kappa shape index (κ3) is 5.58. The lowest BCUT2D eigenvalue weighted by Crippen LogP contribution is -2.60. The summed E-state index contributed by atoms with van der Waals surface area (Å²) in [6.45, 7) is 7.63. The first-order valence-electron chi connectivity index (χ1n) is 9.40. The van der Waals surface area contributed by atoms with Crippen molar-refractivity contribution >= 4 is 11.9 Å². The van der Waals surface area contributed by atoms with Crippen molar-refractivity contribution in [1.82, 2.24) is 20.4 Å². The van der Waals surface area contributed by atoms with Crippen LogP contribution in [-0.2, 0) is 9.53 Å². The molecule has 8 heteroatoms. The molecule has 3 amide bonds. The van der Waals surface area contributed by atoms with Crippen LogP contribution in [0.2, 0.25) is 0 Å². The molecule has 8 nitrogen and oxygen atoms in total. The van der Waals surface area contributed by atoms with Gasteiger partial charge in [-0.3, -0.25) is 4.79 Å². The van der Waals surface area contributed by atoms with E-state index in [0.29, 0.717) is 45.6 Å². The van der Waals surface area contributed by atoms with Crippen molar-refractivity contribution in [1.29, 1.82) is 5.26 Å². The summed E-state index contributed by atoms with van der Waals surface area (Å²) in [5.41, 5.74) is -0.845. The fraction of sp³-hybridized carbons (Fsp3) is 0.833. The third-order valence-corrected chi connectivity index (χ3v) is 5.04. The van der Waals surface area contributed by atoms with E-state index < -0.39 is 11.6 Å². The van der Waals surface area contributed by atoms with Crippen LogP contribution in [0, 0.1) is 17.2 Å². The molecule has 2 rings (SSSR count). The van der Waals surface area contributed by atoms with Gasteiger partial charge in [-0.2, -0.15) is 5.26 Å². The first kappa shape index (κ1) is 20.5. The van der Waals surface area contributed by atoms with Crippen LogP contribution in [0.15, 0.2) is 0 Å². The van der Waals surface area contributed by atoms with Gasteiger partial charge in [-0.25, -0.2) is 4.79 Å². The van der Waals surface area contributed by atoms with Crippen LogP contribution in [0.1, 0.15) is 33.1 Å². The number of ether oxygens (including phenoxy) is 1. The first-order chi connectivity index (χ1) is 12.3. The quantitative estimate of drug-likeness (QED) is 0.741. The van der Waals surface area contributed by atoms with E-state index in [1.807, 2.05) is 20.9 Å². The van der Waals surface area contributed by atoms with Crippen LogP contribution in [0.4, 0.5) is 4.79 Å². The molecule has 0 radical (unpaired) electrons. The molecule has 0 aromatic rings. The number of hydrogen-bond donors (Lipinski definition) is 2. The molecule has 0 aliphatic carbocycles. The zero-order valence-electron chi connectivity index (χ0n) is 16.1. The second kappa shape index (κ2) is 9.19. The van der Waals surface area contributed by atoms with E-state index >= 15 is 0 Å². The number of likely N-dealkylation sites (tertiary alicyclic amines) is 1. The van der Waals surface area contributed by atoms with Gasteiger partial charge < -0.3 is 25.2 Å². The molecule has 0 aromatic carbocycles. The van der Waals surface area contributed by atoms with Gasteiger partial charge in [-0.1, -0.05) is 13.8 Å². The van der Waals surface area contributed by atoms with Crippen LogP contribution in [-0.4, -0.2) is 79.8 Å². The van der Waals surface area contributed by atoms with E-state index in [1.54, 1.807) is 4.90 Å². The Hall–Kier alpha value is -1.85.